The number of carbonyl (C=O) groups excluding carboxylic acids is 1. The number of pyridine rings is 1. The first kappa shape index (κ1) is 23.5. The largest absolute Gasteiger partial charge is 0.422 e. The van der Waals surface area contributed by atoms with Gasteiger partial charge in [0.05, 0.1) is 0 Å². The van der Waals surface area contributed by atoms with Gasteiger partial charge in [-0.3, -0.25) is 4.79 Å². The third kappa shape index (κ3) is 5.07. The summed E-state index contributed by atoms with van der Waals surface area (Å²) in [6.45, 7) is 10.7. The zero-order valence-electron chi connectivity index (χ0n) is 20.2. The Labute approximate surface area is 211 Å². The van der Waals surface area contributed by atoms with Crippen molar-refractivity contribution in [1.82, 2.24) is 25.0 Å². The summed E-state index contributed by atoms with van der Waals surface area (Å²) in [7, 11) is 0. The molecule has 1 fully saturated rings. The number of benzene rings is 1. The first-order valence-corrected chi connectivity index (χ1v) is 12.4. The van der Waals surface area contributed by atoms with Crippen LogP contribution in [0.5, 0.6) is 0 Å². The molecule has 0 spiro atoms. The fourth-order valence-corrected chi connectivity index (χ4v) is 4.60. The van der Waals surface area contributed by atoms with Gasteiger partial charge in [-0.2, -0.15) is 9.97 Å². The van der Waals surface area contributed by atoms with E-state index in [4.69, 9.17) is 8.94 Å². The fraction of sp³-hybridized carbons (Fsp3) is 0.400. The fourth-order valence-electron chi connectivity index (χ4n) is 4.04. The Morgan fingerprint density at radius 1 is 1.06 bits per heavy atom. The number of fused-ring (bicyclic) bond motifs is 1. The minimum Gasteiger partial charge on any atom is -0.422 e. The van der Waals surface area contributed by atoms with Crippen LogP contribution in [0.15, 0.2) is 43.7 Å². The van der Waals surface area contributed by atoms with Gasteiger partial charge in [-0.25, -0.2) is 4.98 Å². The van der Waals surface area contributed by atoms with E-state index in [9.17, 15) is 4.79 Å². The minimum atomic E-state index is -0.0201. The van der Waals surface area contributed by atoms with E-state index in [0.29, 0.717) is 67.1 Å². The van der Waals surface area contributed by atoms with Crippen LogP contribution in [-0.2, 0) is 6.42 Å². The maximum absolute atomic E-state index is 13.2. The van der Waals surface area contributed by atoms with Crippen molar-refractivity contribution in [2.75, 3.05) is 31.1 Å². The number of aromatic nitrogens is 4. The summed E-state index contributed by atoms with van der Waals surface area (Å²) in [4.78, 5) is 30.5. The molecule has 1 aliphatic rings. The van der Waals surface area contributed by atoms with Crippen LogP contribution in [0.4, 0.5) is 6.01 Å². The van der Waals surface area contributed by atoms with Crippen LogP contribution in [-0.4, -0.2) is 57.1 Å². The van der Waals surface area contributed by atoms with Crippen molar-refractivity contribution in [2.45, 2.75) is 34.1 Å². The number of aryl methyl sites for hydroxylation is 1. The normalized spacial score (nSPS) is 14.7. The molecule has 5 rings (SSSR count). The van der Waals surface area contributed by atoms with Crippen LogP contribution >= 0.6 is 15.9 Å². The van der Waals surface area contributed by atoms with Crippen LogP contribution in [0.2, 0.25) is 0 Å². The molecular weight excluding hydrogens is 512 g/mol. The number of oxazole rings is 1. The lowest BCUT2D eigenvalue weighted by Crippen LogP contribution is -2.48. The molecule has 0 bridgehead atoms. The van der Waals surface area contributed by atoms with Gasteiger partial charge in [0.1, 0.15) is 0 Å². The molecule has 1 aliphatic heterocycles. The van der Waals surface area contributed by atoms with Crippen molar-refractivity contribution in [1.29, 1.82) is 0 Å². The Morgan fingerprint density at radius 3 is 2.54 bits per heavy atom. The summed E-state index contributed by atoms with van der Waals surface area (Å²) in [6, 6.07) is 9.81. The number of hydrogen-bond acceptors (Lipinski definition) is 8. The summed E-state index contributed by atoms with van der Waals surface area (Å²) in [5.41, 5.74) is 3.62. The van der Waals surface area contributed by atoms with Crippen LogP contribution in [0.25, 0.3) is 22.6 Å². The zero-order valence-corrected chi connectivity index (χ0v) is 21.8. The first-order chi connectivity index (χ1) is 16.7. The van der Waals surface area contributed by atoms with Crippen molar-refractivity contribution >= 4 is 39.1 Å². The summed E-state index contributed by atoms with van der Waals surface area (Å²) in [5.74, 6) is 1.09. The molecule has 4 heterocycles. The molecule has 0 aliphatic carbocycles. The number of nitrogens with zero attached hydrogens (tertiary/aromatic N) is 6. The van der Waals surface area contributed by atoms with Crippen molar-refractivity contribution in [3.05, 3.63) is 52.0 Å². The van der Waals surface area contributed by atoms with Gasteiger partial charge in [0, 0.05) is 53.9 Å². The van der Waals surface area contributed by atoms with Crippen molar-refractivity contribution in [3.8, 4) is 11.4 Å². The zero-order chi connectivity index (χ0) is 24.7. The predicted molar refractivity (Wildman–Crippen MR) is 135 cm³/mol. The van der Waals surface area contributed by atoms with E-state index in [1.165, 1.54) is 0 Å². The third-order valence-corrected chi connectivity index (χ3v) is 6.48. The monoisotopic (exact) mass is 538 g/mol. The van der Waals surface area contributed by atoms with E-state index in [1.54, 1.807) is 0 Å². The van der Waals surface area contributed by atoms with Crippen molar-refractivity contribution in [2.24, 2.45) is 5.41 Å². The molecule has 0 saturated carbocycles. The van der Waals surface area contributed by atoms with E-state index in [0.717, 1.165) is 15.7 Å². The molecule has 1 amide bonds. The second-order valence-corrected chi connectivity index (χ2v) is 10.8. The Kier molecular flexibility index (Phi) is 6.08. The summed E-state index contributed by atoms with van der Waals surface area (Å²) >= 11 is 3.58. The lowest BCUT2D eigenvalue weighted by Gasteiger charge is -2.33. The average molecular weight is 539 g/mol. The van der Waals surface area contributed by atoms with E-state index < -0.39 is 0 Å². The van der Waals surface area contributed by atoms with Gasteiger partial charge in [0.2, 0.25) is 17.4 Å². The molecule has 4 aromatic rings. The molecule has 0 unspecified atom stereocenters. The SMILES string of the molecule is Cc1ccc2oc(N3CCN(C(=O)c4ccc(-c5noc(CC(C)(C)C)n5)c(Br)c4)CC3)nc2n1. The quantitative estimate of drug-likeness (QED) is 0.361. The molecule has 3 aromatic heterocycles. The Morgan fingerprint density at radius 2 is 1.83 bits per heavy atom. The lowest BCUT2D eigenvalue weighted by atomic mass is 9.92. The summed E-state index contributed by atoms with van der Waals surface area (Å²) < 4.78 is 12.0. The second kappa shape index (κ2) is 9.07. The molecular formula is C25H27BrN6O3. The van der Waals surface area contributed by atoms with Crippen molar-refractivity contribution in [3.63, 3.8) is 0 Å². The maximum Gasteiger partial charge on any atom is 0.300 e. The van der Waals surface area contributed by atoms with Gasteiger partial charge in [-0.05, 0) is 42.7 Å². The smallest absolute Gasteiger partial charge is 0.300 e. The molecule has 0 radical (unpaired) electrons. The minimum absolute atomic E-state index is 0.0201. The highest BCUT2D eigenvalue weighted by Gasteiger charge is 2.26. The van der Waals surface area contributed by atoms with Crippen LogP contribution in [0, 0.1) is 12.3 Å². The predicted octanol–water partition coefficient (Wildman–Crippen LogP) is 4.89. The topological polar surface area (TPSA) is 101 Å². The Hall–Kier alpha value is -3.27. The maximum atomic E-state index is 13.2. The van der Waals surface area contributed by atoms with E-state index >= 15 is 0 Å². The number of hydrogen-bond donors (Lipinski definition) is 0. The molecule has 182 valence electrons. The van der Waals surface area contributed by atoms with Gasteiger partial charge in [-0.1, -0.05) is 41.9 Å². The molecule has 35 heavy (non-hydrogen) atoms. The molecule has 9 nitrogen and oxygen atoms in total. The average Bonchev–Trinajstić information content (AvgIpc) is 3.44. The van der Waals surface area contributed by atoms with Crippen LogP contribution in [0.3, 0.4) is 0 Å². The molecule has 1 saturated heterocycles. The van der Waals surface area contributed by atoms with Crippen molar-refractivity contribution < 1.29 is 13.7 Å². The summed E-state index contributed by atoms with van der Waals surface area (Å²) in [5, 5.41) is 4.12. The van der Waals surface area contributed by atoms with Gasteiger partial charge >= 0.3 is 0 Å². The van der Waals surface area contributed by atoms with Gasteiger partial charge in [-0.15, -0.1) is 0 Å². The van der Waals surface area contributed by atoms with Gasteiger partial charge < -0.3 is 18.7 Å². The van der Waals surface area contributed by atoms with Gasteiger partial charge in [0.15, 0.2) is 5.58 Å². The number of anilines is 1. The standard InChI is InChI=1S/C25H27BrN6O3/c1-15-5-8-19-22(27-15)29-24(34-19)32-11-9-31(10-12-32)23(33)16-6-7-17(18(26)13-16)21-28-20(35-30-21)14-25(2,3)4/h5-8,13H,9-12,14H2,1-4H3. The highest BCUT2D eigenvalue weighted by Crippen LogP contribution is 2.29. The second-order valence-electron chi connectivity index (χ2n) is 9.99. The molecule has 1 aromatic carbocycles. The van der Waals surface area contributed by atoms with Gasteiger partial charge in [0.25, 0.3) is 11.9 Å². The molecule has 0 N–H and O–H groups in total. The van der Waals surface area contributed by atoms with E-state index in [-0.39, 0.29) is 11.3 Å². The van der Waals surface area contributed by atoms with Crippen LogP contribution in [0.1, 0.15) is 42.7 Å². The number of amides is 1. The molecule has 10 heteroatoms. The Balaban J connectivity index is 1.25. The third-order valence-electron chi connectivity index (χ3n) is 5.83. The highest BCUT2D eigenvalue weighted by atomic mass is 79.9. The summed E-state index contributed by atoms with van der Waals surface area (Å²) in [6.07, 6.45) is 0.694. The van der Waals surface area contributed by atoms with E-state index in [2.05, 4.69) is 56.8 Å². The first-order valence-electron chi connectivity index (χ1n) is 11.6. The van der Waals surface area contributed by atoms with E-state index in [1.807, 2.05) is 47.1 Å². The highest BCUT2D eigenvalue weighted by molar-refractivity contribution is 9.10. The number of carbonyl (C=O) groups is 1. The number of rotatable bonds is 4. The number of piperazine rings is 1. The van der Waals surface area contributed by atoms with Crippen LogP contribution < -0.4 is 4.90 Å². The number of halogens is 1. The molecule has 0 atom stereocenters. The Bertz CT molecular complexity index is 1380. The lowest BCUT2D eigenvalue weighted by molar-refractivity contribution is 0.0745.